The van der Waals surface area contributed by atoms with Crippen LogP contribution in [0.4, 0.5) is 4.39 Å². The number of rotatable bonds is 7. The summed E-state index contributed by atoms with van der Waals surface area (Å²) < 4.78 is 14.0. The molecule has 2 N–H and O–H groups in total. The monoisotopic (exact) mass is 376 g/mol. The first-order chi connectivity index (χ1) is 12.4. The summed E-state index contributed by atoms with van der Waals surface area (Å²) in [5.41, 5.74) is 9.79. The lowest BCUT2D eigenvalue weighted by molar-refractivity contribution is 0.100. The maximum Gasteiger partial charge on any atom is 0.248 e. The van der Waals surface area contributed by atoms with E-state index in [-0.39, 0.29) is 6.04 Å². The van der Waals surface area contributed by atoms with Crippen molar-refractivity contribution in [3.63, 3.8) is 0 Å². The van der Waals surface area contributed by atoms with Crippen molar-refractivity contribution in [1.29, 1.82) is 0 Å². The minimum absolute atomic E-state index is 0.196. The fraction of sp³-hybridized carbons (Fsp3) is 0.474. The van der Waals surface area contributed by atoms with Crippen LogP contribution in [0.25, 0.3) is 0 Å². The Balaban J connectivity index is 1.58. The van der Waals surface area contributed by atoms with Gasteiger partial charge in [-0.1, -0.05) is 12.1 Å². The van der Waals surface area contributed by atoms with E-state index in [1.165, 1.54) is 4.88 Å². The Kier molecular flexibility index (Phi) is 6.01. The first-order valence-electron chi connectivity index (χ1n) is 8.76. The van der Waals surface area contributed by atoms with Crippen LogP contribution in [0.5, 0.6) is 0 Å². The molecule has 1 saturated heterocycles. The smallest absolute Gasteiger partial charge is 0.248 e. The molecule has 26 heavy (non-hydrogen) atoms. The molecular weight excluding hydrogens is 351 g/mol. The van der Waals surface area contributed by atoms with E-state index < -0.39 is 12.1 Å². The number of hydrogen-bond acceptors (Lipinski definition) is 5. The minimum atomic E-state index is -0.767. The second-order valence-corrected chi connectivity index (χ2v) is 7.97. The van der Waals surface area contributed by atoms with Gasteiger partial charge < -0.3 is 10.6 Å². The summed E-state index contributed by atoms with van der Waals surface area (Å²) in [4.78, 5) is 21.1. The third-order valence-electron chi connectivity index (χ3n) is 4.88. The highest BCUT2D eigenvalue weighted by molar-refractivity contribution is 7.09. The van der Waals surface area contributed by atoms with E-state index in [2.05, 4.69) is 14.8 Å². The molecule has 3 rings (SSSR count). The number of likely N-dealkylation sites (tertiary alicyclic amines) is 1. The zero-order valence-electron chi connectivity index (χ0n) is 15.2. The summed E-state index contributed by atoms with van der Waals surface area (Å²) in [7, 11) is 2.05. The quantitative estimate of drug-likeness (QED) is 0.807. The number of thiazole rings is 1. The second-order valence-electron chi connectivity index (χ2n) is 7.04. The predicted molar refractivity (Wildman–Crippen MR) is 102 cm³/mol. The van der Waals surface area contributed by atoms with Gasteiger partial charge in [0, 0.05) is 42.7 Å². The average molecular weight is 377 g/mol. The third-order valence-corrected chi connectivity index (χ3v) is 5.80. The normalized spacial score (nSPS) is 20.8. The first-order valence-corrected chi connectivity index (χ1v) is 9.64. The van der Waals surface area contributed by atoms with E-state index in [4.69, 9.17) is 5.73 Å². The summed E-state index contributed by atoms with van der Waals surface area (Å²) in [6, 6.07) is 7.53. The van der Waals surface area contributed by atoms with Gasteiger partial charge in [0.25, 0.3) is 0 Å². The van der Waals surface area contributed by atoms with E-state index in [1.807, 2.05) is 31.6 Å². The number of primary amides is 1. The largest absolute Gasteiger partial charge is 0.366 e. The van der Waals surface area contributed by atoms with Gasteiger partial charge in [0.15, 0.2) is 0 Å². The van der Waals surface area contributed by atoms with Gasteiger partial charge in [0.1, 0.15) is 6.17 Å². The van der Waals surface area contributed by atoms with Crippen molar-refractivity contribution in [2.24, 2.45) is 5.73 Å². The number of nitrogens with zero attached hydrogens (tertiary/aromatic N) is 3. The van der Waals surface area contributed by atoms with Gasteiger partial charge in [0.2, 0.25) is 5.91 Å². The Morgan fingerprint density at radius 3 is 2.77 bits per heavy atom. The van der Waals surface area contributed by atoms with Crippen LogP contribution in [0.1, 0.15) is 32.9 Å². The molecule has 1 aromatic carbocycles. The number of hydrogen-bond donors (Lipinski definition) is 1. The molecule has 1 aromatic heterocycles. The Hall–Kier alpha value is -1.83. The summed E-state index contributed by atoms with van der Waals surface area (Å²) >= 11 is 1.64. The van der Waals surface area contributed by atoms with Crippen LogP contribution in [-0.4, -0.2) is 53.0 Å². The van der Waals surface area contributed by atoms with Crippen LogP contribution in [0.15, 0.2) is 29.8 Å². The van der Waals surface area contributed by atoms with Gasteiger partial charge in [-0.05, 0) is 38.1 Å². The number of halogens is 1. The van der Waals surface area contributed by atoms with E-state index in [0.29, 0.717) is 18.5 Å². The zero-order valence-corrected chi connectivity index (χ0v) is 16.0. The van der Waals surface area contributed by atoms with Crippen LogP contribution in [0, 0.1) is 6.92 Å². The van der Waals surface area contributed by atoms with Gasteiger partial charge in [-0.2, -0.15) is 0 Å². The number of alkyl halides is 1. The van der Waals surface area contributed by atoms with Crippen molar-refractivity contribution in [2.45, 2.75) is 38.6 Å². The topological polar surface area (TPSA) is 62.5 Å². The highest BCUT2D eigenvalue weighted by Crippen LogP contribution is 2.26. The Morgan fingerprint density at radius 1 is 1.42 bits per heavy atom. The van der Waals surface area contributed by atoms with Crippen molar-refractivity contribution in [3.8, 4) is 0 Å². The molecule has 2 aromatic rings. The van der Waals surface area contributed by atoms with Crippen molar-refractivity contribution >= 4 is 17.2 Å². The standard InChI is InChI=1S/C19H25FN4OS/c1-13-18(26-12-22-13)11-24-9-16(20)7-17(24)10-23(2)8-14-3-5-15(6-4-14)19(21)25/h3-6,12,16-17H,7-11H2,1-2H3,(H2,21,25)/t16-,17-/m0/s1. The number of aryl methyl sites for hydroxylation is 1. The van der Waals surface area contributed by atoms with Crippen LogP contribution in [0.3, 0.4) is 0 Å². The van der Waals surface area contributed by atoms with Gasteiger partial charge in [-0.25, -0.2) is 9.37 Å². The van der Waals surface area contributed by atoms with E-state index in [1.54, 1.807) is 23.5 Å². The maximum atomic E-state index is 14.0. The molecule has 5 nitrogen and oxygen atoms in total. The number of amides is 1. The average Bonchev–Trinajstić information content (AvgIpc) is 3.14. The molecule has 0 radical (unpaired) electrons. The fourth-order valence-corrected chi connectivity index (χ4v) is 4.28. The molecule has 0 bridgehead atoms. The highest BCUT2D eigenvalue weighted by Gasteiger charge is 2.33. The van der Waals surface area contributed by atoms with Crippen molar-refractivity contribution in [2.75, 3.05) is 20.1 Å². The molecule has 1 amide bonds. The lowest BCUT2D eigenvalue weighted by Crippen LogP contribution is -2.38. The number of nitrogens with two attached hydrogens (primary N) is 1. The van der Waals surface area contributed by atoms with Gasteiger partial charge in [-0.15, -0.1) is 11.3 Å². The summed E-state index contributed by atoms with van der Waals surface area (Å²) in [5, 5.41) is 0. The molecular formula is C19H25FN4OS. The Bertz CT molecular complexity index is 748. The molecule has 0 unspecified atom stereocenters. The zero-order chi connectivity index (χ0) is 18.7. The molecule has 1 aliphatic rings. The van der Waals surface area contributed by atoms with Crippen LogP contribution in [-0.2, 0) is 13.1 Å². The number of benzene rings is 1. The maximum absolute atomic E-state index is 14.0. The van der Waals surface area contributed by atoms with Crippen molar-refractivity contribution < 1.29 is 9.18 Å². The first kappa shape index (κ1) is 18.9. The van der Waals surface area contributed by atoms with E-state index in [0.717, 1.165) is 30.9 Å². The molecule has 140 valence electrons. The molecule has 1 fully saturated rings. The van der Waals surface area contributed by atoms with E-state index in [9.17, 15) is 9.18 Å². The lowest BCUT2D eigenvalue weighted by atomic mass is 10.1. The van der Waals surface area contributed by atoms with Gasteiger partial charge in [-0.3, -0.25) is 9.69 Å². The fourth-order valence-electron chi connectivity index (χ4n) is 3.48. The number of aromatic nitrogens is 1. The minimum Gasteiger partial charge on any atom is -0.366 e. The van der Waals surface area contributed by atoms with Crippen molar-refractivity contribution in [3.05, 3.63) is 51.5 Å². The van der Waals surface area contributed by atoms with Crippen LogP contribution < -0.4 is 5.73 Å². The molecule has 7 heteroatoms. The third kappa shape index (κ3) is 4.66. The molecule has 0 saturated carbocycles. The lowest BCUT2D eigenvalue weighted by Gasteiger charge is -2.28. The predicted octanol–water partition coefficient (Wildman–Crippen LogP) is 2.59. The highest BCUT2D eigenvalue weighted by atomic mass is 32.1. The van der Waals surface area contributed by atoms with Crippen LogP contribution >= 0.6 is 11.3 Å². The van der Waals surface area contributed by atoms with Crippen LogP contribution in [0.2, 0.25) is 0 Å². The summed E-state index contributed by atoms with van der Waals surface area (Å²) in [6.45, 7) is 4.81. The number of carbonyl (C=O) groups is 1. The Morgan fingerprint density at radius 2 is 2.15 bits per heavy atom. The number of carbonyl (C=O) groups excluding carboxylic acids is 1. The van der Waals surface area contributed by atoms with Gasteiger partial charge in [0.05, 0.1) is 11.2 Å². The van der Waals surface area contributed by atoms with Gasteiger partial charge >= 0.3 is 0 Å². The SMILES string of the molecule is Cc1ncsc1CN1C[C@@H](F)C[C@H]1CN(C)Cc1ccc(C(N)=O)cc1. The Labute approximate surface area is 157 Å². The molecule has 2 heterocycles. The summed E-state index contributed by atoms with van der Waals surface area (Å²) in [6.07, 6.45) is -0.195. The van der Waals surface area contributed by atoms with Crippen molar-refractivity contribution in [1.82, 2.24) is 14.8 Å². The molecule has 1 aliphatic heterocycles. The molecule has 0 spiro atoms. The molecule has 0 aliphatic carbocycles. The number of likely N-dealkylation sites (N-methyl/N-ethyl adjacent to an activating group) is 1. The summed E-state index contributed by atoms with van der Waals surface area (Å²) in [5.74, 6) is -0.418. The van der Waals surface area contributed by atoms with E-state index >= 15 is 0 Å². The molecule has 2 atom stereocenters. The second kappa shape index (κ2) is 8.24.